The van der Waals surface area contributed by atoms with Crippen molar-refractivity contribution in [2.75, 3.05) is 0 Å². The first kappa shape index (κ1) is 10.2. The number of rotatable bonds is 0. The van der Waals surface area contributed by atoms with Gasteiger partial charge < -0.3 is 0 Å². The van der Waals surface area contributed by atoms with Crippen molar-refractivity contribution < 1.29 is 13.2 Å². The van der Waals surface area contributed by atoms with Crippen molar-refractivity contribution >= 4 is 5.57 Å². The van der Waals surface area contributed by atoms with Crippen LogP contribution in [0.1, 0.15) is 23.2 Å². The standard InChI is InChI=1S/C11H10F3N/c1-7-5-6-15-10-8(7)3-2-4-9(10)11(12,13)14/h4-6H,2-3H2,1H3. The smallest absolute Gasteiger partial charge is 0.256 e. The van der Waals surface area contributed by atoms with Crippen molar-refractivity contribution in [1.29, 1.82) is 0 Å². The number of nitrogens with zero attached hydrogens (tertiary/aromatic N) is 1. The Kier molecular flexibility index (Phi) is 2.29. The summed E-state index contributed by atoms with van der Waals surface area (Å²) < 4.78 is 37.9. The quantitative estimate of drug-likeness (QED) is 0.644. The number of hydrogen-bond acceptors (Lipinski definition) is 1. The van der Waals surface area contributed by atoms with Gasteiger partial charge in [0.2, 0.25) is 0 Å². The third-order valence-electron chi connectivity index (χ3n) is 2.59. The zero-order valence-electron chi connectivity index (χ0n) is 8.23. The van der Waals surface area contributed by atoms with Gasteiger partial charge in [-0.15, -0.1) is 0 Å². The van der Waals surface area contributed by atoms with Gasteiger partial charge in [0.15, 0.2) is 0 Å². The average molecular weight is 213 g/mol. The van der Waals surface area contributed by atoms with Crippen LogP contribution in [-0.2, 0) is 6.42 Å². The van der Waals surface area contributed by atoms with Gasteiger partial charge in [-0.1, -0.05) is 6.08 Å². The number of alkyl halides is 3. The minimum atomic E-state index is -4.30. The Hall–Kier alpha value is -1.32. The molecule has 0 saturated carbocycles. The molecule has 4 heteroatoms. The second-order valence-corrected chi connectivity index (χ2v) is 3.61. The van der Waals surface area contributed by atoms with Gasteiger partial charge in [0.1, 0.15) is 0 Å². The van der Waals surface area contributed by atoms with Crippen LogP contribution in [0.5, 0.6) is 0 Å². The highest BCUT2D eigenvalue weighted by molar-refractivity contribution is 5.71. The summed E-state index contributed by atoms with van der Waals surface area (Å²) in [6, 6.07) is 1.75. The molecular formula is C11H10F3N. The van der Waals surface area contributed by atoms with Crippen molar-refractivity contribution in [2.24, 2.45) is 0 Å². The lowest BCUT2D eigenvalue weighted by Gasteiger charge is -2.20. The third-order valence-corrected chi connectivity index (χ3v) is 2.59. The molecule has 0 bridgehead atoms. The number of aromatic nitrogens is 1. The summed E-state index contributed by atoms with van der Waals surface area (Å²) >= 11 is 0. The lowest BCUT2D eigenvalue weighted by molar-refractivity contribution is -0.0695. The minimum Gasteiger partial charge on any atom is -0.256 e. The Morgan fingerprint density at radius 2 is 2.07 bits per heavy atom. The van der Waals surface area contributed by atoms with E-state index in [1.807, 2.05) is 6.92 Å². The number of hydrogen-bond donors (Lipinski definition) is 0. The van der Waals surface area contributed by atoms with E-state index in [0.717, 1.165) is 11.1 Å². The van der Waals surface area contributed by atoms with Gasteiger partial charge in [-0.05, 0) is 37.0 Å². The highest BCUT2D eigenvalue weighted by atomic mass is 19.4. The Labute approximate surface area is 85.6 Å². The zero-order chi connectivity index (χ0) is 11.1. The maximum atomic E-state index is 12.6. The van der Waals surface area contributed by atoms with Crippen LogP contribution in [0.2, 0.25) is 0 Å². The summed E-state index contributed by atoms with van der Waals surface area (Å²) in [5, 5.41) is 0. The highest BCUT2D eigenvalue weighted by Crippen LogP contribution is 2.38. The van der Waals surface area contributed by atoms with Crippen LogP contribution in [0.15, 0.2) is 18.3 Å². The largest absolute Gasteiger partial charge is 0.418 e. The molecule has 2 rings (SSSR count). The molecular weight excluding hydrogens is 203 g/mol. The number of halogens is 3. The molecule has 0 aromatic carbocycles. The Balaban J connectivity index is 2.57. The van der Waals surface area contributed by atoms with Crippen LogP contribution in [0.4, 0.5) is 13.2 Å². The van der Waals surface area contributed by atoms with Crippen molar-refractivity contribution in [3.8, 4) is 0 Å². The zero-order valence-corrected chi connectivity index (χ0v) is 8.23. The number of aryl methyl sites for hydroxylation is 1. The molecule has 0 radical (unpaired) electrons. The summed E-state index contributed by atoms with van der Waals surface area (Å²) in [5.41, 5.74) is 1.13. The van der Waals surface area contributed by atoms with Crippen molar-refractivity contribution in [3.63, 3.8) is 0 Å². The van der Waals surface area contributed by atoms with E-state index in [0.29, 0.717) is 12.8 Å². The molecule has 1 aliphatic rings. The van der Waals surface area contributed by atoms with Gasteiger partial charge in [-0.2, -0.15) is 13.2 Å². The highest BCUT2D eigenvalue weighted by Gasteiger charge is 2.37. The van der Waals surface area contributed by atoms with Gasteiger partial charge in [0.05, 0.1) is 11.3 Å². The van der Waals surface area contributed by atoms with E-state index in [9.17, 15) is 13.2 Å². The van der Waals surface area contributed by atoms with Gasteiger partial charge in [-0.3, -0.25) is 4.98 Å². The third kappa shape index (κ3) is 1.76. The molecule has 0 saturated heterocycles. The van der Waals surface area contributed by atoms with Crippen LogP contribution in [0.3, 0.4) is 0 Å². The summed E-state index contributed by atoms with van der Waals surface area (Å²) in [7, 11) is 0. The molecule has 0 amide bonds. The fourth-order valence-corrected chi connectivity index (χ4v) is 1.84. The van der Waals surface area contributed by atoms with Gasteiger partial charge >= 0.3 is 6.18 Å². The topological polar surface area (TPSA) is 12.9 Å². The van der Waals surface area contributed by atoms with E-state index in [4.69, 9.17) is 0 Å². The van der Waals surface area contributed by atoms with Crippen LogP contribution in [-0.4, -0.2) is 11.2 Å². The molecule has 0 unspecified atom stereocenters. The number of fused-ring (bicyclic) bond motifs is 1. The van der Waals surface area contributed by atoms with E-state index < -0.39 is 11.7 Å². The van der Waals surface area contributed by atoms with Crippen LogP contribution >= 0.6 is 0 Å². The van der Waals surface area contributed by atoms with Crippen molar-refractivity contribution in [1.82, 2.24) is 4.98 Å². The average Bonchev–Trinajstić information content (AvgIpc) is 2.16. The van der Waals surface area contributed by atoms with E-state index in [-0.39, 0.29) is 5.69 Å². The minimum absolute atomic E-state index is 0.105. The molecule has 1 aliphatic carbocycles. The van der Waals surface area contributed by atoms with E-state index >= 15 is 0 Å². The first-order valence-corrected chi connectivity index (χ1v) is 4.72. The van der Waals surface area contributed by atoms with Gasteiger partial charge in [-0.25, -0.2) is 0 Å². The molecule has 15 heavy (non-hydrogen) atoms. The Bertz CT molecular complexity index is 418. The number of pyridine rings is 1. The van der Waals surface area contributed by atoms with Crippen LogP contribution < -0.4 is 0 Å². The van der Waals surface area contributed by atoms with Gasteiger partial charge in [0, 0.05) is 6.20 Å². The molecule has 0 fully saturated rings. The number of allylic oxidation sites excluding steroid dienone is 2. The molecule has 0 aliphatic heterocycles. The lowest BCUT2D eigenvalue weighted by Crippen LogP contribution is -2.17. The monoisotopic (exact) mass is 213 g/mol. The first-order chi connectivity index (χ1) is 7.00. The SMILES string of the molecule is Cc1ccnc2c1CCC=C2C(F)(F)F. The van der Waals surface area contributed by atoms with E-state index in [2.05, 4.69) is 4.98 Å². The summed E-state index contributed by atoms with van der Waals surface area (Å²) in [6.45, 7) is 1.82. The van der Waals surface area contributed by atoms with E-state index in [1.165, 1.54) is 12.3 Å². The lowest BCUT2D eigenvalue weighted by atomic mass is 9.92. The van der Waals surface area contributed by atoms with Crippen molar-refractivity contribution in [3.05, 3.63) is 35.2 Å². The Morgan fingerprint density at radius 3 is 2.73 bits per heavy atom. The van der Waals surface area contributed by atoms with Crippen LogP contribution in [0.25, 0.3) is 5.57 Å². The molecule has 1 aromatic heterocycles. The normalized spacial score (nSPS) is 15.9. The van der Waals surface area contributed by atoms with Crippen LogP contribution in [0, 0.1) is 6.92 Å². The molecule has 0 atom stereocenters. The Morgan fingerprint density at radius 1 is 1.33 bits per heavy atom. The fourth-order valence-electron chi connectivity index (χ4n) is 1.84. The summed E-state index contributed by atoms with van der Waals surface area (Å²) in [4.78, 5) is 3.84. The summed E-state index contributed by atoms with van der Waals surface area (Å²) in [6.07, 6.45) is -0.549. The maximum Gasteiger partial charge on any atom is 0.418 e. The molecule has 80 valence electrons. The maximum absolute atomic E-state index is 12.6. The fraction of sp³-hybridized carbons (Fsp3) is 0.364. The van der Waals surface area contributed by atoms with E-state index in [1.54, 1.807) is 6.07 Å². The molecule has 0 spiro atoms. The molecule has 1 aromatic rings. The first-order valence-electron chi connectivity index (χ1n) is 4.72. The predicted molar refractivity (Wildman–Crippen MR) is 51.3 cm³/mol. The molecule has 1 heterocycles. The predicted octanol–water partition coefficient (Wildman–Crippen LogP) is 3.28. The van der Waals surface area contributed by atoms with Gasteiger partial charge in [0.25, 0.3) is 0 Å². The molecule has 0 N–H and O–H groups in total. The van der Waals surface area contributed by atoms with Crippen molar-refractivity contribution in [2.45, 2.75) is 25.9 Å². The summed E-state index contributed by atoms with van der Waals surface area (Å²) in [5.74, 6) is 0. The molecule has 1 nitrogen and oxygen atoms in total. The second kappa shape index (κ2) is 3.36. The second-order valence-electron chi connectivity index (χ2n) is 3.61.